The zero-order valence-corrected chi connectivity index (χ0v) is 16.3. The van der Waals surface area contributed by atoms with Crippen molar-refractivity contribution in [1.29, 1.82) is 0 Å². The molecule has 0 bridgehead atoms. The maximum Gasteiger partial charge on any atom is 0.271 e. The summed E-state index contributed by atoms with van der Waals surface area (Å²) < 4.78 is 6.59. The number of nitrogens with one attached hydrogen (secondary N) is 1. The number of nitrogens with zero attached hydrogens (tertiary/aromatic N) is 1. The van der Waals surface area contributed by atoms with Crippen molar-refractivity contribution < 1.29 is 14.5 Å². The first-order chi connectivity index (χ1) is 12.4. The highest BCUT2D eigenvalue weighted by Gasteiger charge is 2.11. The first-order valence-electron chi connectivity index (χ1n) is 8.36. The van der Waals surface area contributed by atoms with Gasteiger partial charge in [-0.1, -0.05) is 19.1 Å². The average Bonchev–Trinajstić information content (AvgIpc) is 2.61. The third kappa shape index (κ3) is 5.56. The van der Waals surface area contributed by atoms with Gasteiger partial charge in [0.05, 0.1) is 21.7 Å². The first kappa shape index (κ1) is 19.9. The second kappa shape index (κ2) is 9.33. The molecule has 0 radical (unpaired) electrons. The second-order valence-corrected chi connectivity index (χ2v) is 6.73. The number of benzene rings is 2. The molecule has 0 aliphatic carbocycles. The number of carbonyl (C=O) groups is 1. The molecule has 0 aromatic heterocycles. The topological polar surface area (TPSA) is 81.5 Å². The maximum atomic E-state index is 12.1. The molecular weight excluding hydrogens is 400 g/mol. The van der Waals surface area contributed by atoms with Gasteiger partial charge in [-0.3, -0.25) is 14.9 Å². The molecule has 0 saturated carbocycles. The van der Waals surface area contributed by atoms with Crippen molar-refractivity contribution in [3.8, 4) is 5.75 Å². The SMILES string of the molecule is CCc1ccc(OCCCC(=O)Nc2cc([N+](=O)[O-])ccc2C)c(Br)c1. The summed E-state index contributed by atoms with van der Waals surface area (Å²) in [6.07, 6.45) is 1.77. The van der Waals surface area contributed by atoms with E-state index in [1.54, 1.807) is 13.0 Å². The van der Waals surface area contributed by atoms with Crippen LogP contribution >= 0.6 is 15.9 Å². The van der Waals surface area contributed by atoms with E-state index >= 15 is 0 Å². The minimum Gasteiger partial charge on any atom is -0.492 e. The van der Waals surface area contributed by atoms with Gasteiger partial charge in [-0.05, 0) is 59.0 Å². The molecule has 6 nitrogen and oxygen atoms in total. The molecule has 26 heavy (non-hydrogen) atoms. The van der Waals surface area contributed by atoms with E-state index in [4.69, 9.17) is 4.74 Å². The molecule has 0 aliphatic heterocycles. The predicted molar refractivity (Wildman–Crippen MR) is 105 cm³/mol. The van der Waals surface area contributed by atoms with Crippen LogP contribution in [-0.4, -0.2) is 17.4 Å². The summed E-state index contributed by atoms with van der Waals surface area (Å²) in [6, 6.07) is 10.4. The molecule has 0 aliphatic rings. The Morgan fingerprint density at radius 3 is 2.69 bits per heavy atom. The lowest BCUT2D eigenvalue weighted by Gasteiger charge is -2.10. The molecule has 138 valence electrons. The molecule has 2 rings (SSSR count). The monoisotopic (exact) mass is 420 g/mol. The number of hydrogen-bond acceptors (Lipinski definition) is 4. The minimum atomic E-state index is -0.482. The van der Waals surface area contributed by atoms with Crippen LogP contribution < -0.4 is 10.1 Å². The molecule has 0 atom stereocenters. The van der Waals surface area contributed by atoms with Gasteiger partial charge in [0.2, 0.25) is 5.91 Å². The Labute approximate surface area is 160 Å². The highest BCUT2D eigenvalue weighted by molar-refractivity contribution is 9.10. The van der Waals surface area contributed by atoms with Crippen LogP contribution in [0.1, 0.15) is 30.9 Å². The van der Waals surface area contributed by atoms with Crippen LogP contribution in [0.15, 0.2) is 40.9 Å². The smallest absolute Gasteiger partial charge is 0.271 e. The Morgan fingerprint density at radius 1 is 1.27 bits per heavy atom. The quantitative estimate of drug-likeness (QED) is 0.369. The summed E-state index contributed by atoms with van der Waals surface area (Å²) in [4.78, 5) is 22.4. The lowest BCUT2D eigenvalue weighted by molar-refractivity contribution is -0.384. The van der Waals surface area contributed by atoms with Crippen molar-refractivity contribution >= 4 is 33.2 Å². The molecule has 2 aromatic rings. The molecule has 0 heterocycles. The molecule has 7 heteroatoms. The highest BCUT2D eigenvalue weighted by atomic mass is 79.9. The summed E-state index contributed by atoms with van der Waals surface area (Å²) >= 11 is 3.48. The van der Waals surface area contributed by atoms with E-state index in [0.29, 0.717) is 18.7 Å². The number of carbonyl (C=O) groups excluding carboxylic acids is 1. The Hall–Kier alpha value is -2.41. The Kier molecular flexibility index (Phi) is 7.15. The van der Waals surface area contributed by atoms with Crippen LogP contribution in [0, 0.1) is 17.0 Å². The number of anilines is 1. The number of rotatable bonds is 8. The summed E-state index contributed by atoms with van der Waals surface area (Å²) in [7, 11) is 0. The summed E-state index contributed by atoms with van der Waals surface area (Å²) in [6.45, 7) is 4.29. The van der Waals surface area contributed by atoms with Crippen molar-refractivity contribution in [3.05, 3.63) is 62.1 Å². The normalized spacial score (nSPS) is 10.4. The van der Waals surface area contributed by atoms with Gasteiger partial charge < -0.3 is 10.1 Å². The lowest BCUT2D eigenvalue weighted by Crippen LogP contribution is -2.13. The van der Waals surface area contributed by atoms with Gasteiger partial charge >= 0.3 is 0 Å². The van der Waals surface area contributed by atoms with Crippen LogP contribution in [0.2, 0.25) is 0 Å². The van der Waals surface area contributed by atoms with E-state index in [1.807, 2.05) is 18.2 Å². The lowest BCUT2D eigenvalue weighted by atomic mass is 10.1. The summed E-state index contributed by atoms with van der Waals surface area (Å²) in [5, 5.41) is 13.6. The Balaban J connectivity index is 1.82. The maximum absolute atomic E-state index is 12.1. The molecule has 1 amide bonds. The van der Waals surface area contributed by atoms with E-state index in [9.17, 15) is 14.9 Å². The summed E-state index contributed by atoms with van der Waals surface area (Å²) in [5.74, 6) is 0.551. The van der Waals surface area contributed by atoms with E-state index in [0.717, 1.165) is 22.2 Å². The number of non-ortho nitro benzene ring substituents is 1. The summed E-state index contributed by atoms with van der Waals surface area (Å²) in [5.41, 5.74) is 2.41. The van der Waals surface area contributed by atoms with Gasteiger partial charge in [0.1, 0.15) is 5.75 Å². The van der Waals surface area contributed by atoms with Crippen LogP contribution in [-0.2, 0) is 11.2 Å². The van der Waals surface area contributed by atoms with Gasteiger partial charge in [-0.25, -0.2) is 0 Å². The number of hydrogen-bond donors (Lipinski definition) is 1. The molecule has 2 aromatic carbocycles. The van der Waals surface area contributed by atoms with Crippen LogP contribution in [0.3, 0.4) is 0 Å². The van der Waals surface area contributed by atoms with Crippen molar-refractivity contribution in [3.63, 3.8) is 0 Å². The number of amides is 1. The van der Waals surface area contributed by atoms with Crippen LogP contribution in [0.4, 0.5) is 11.4 Å². The molecule has 0 fully saturated rings. The van der Waals surface area contributed by atoms with Crippen LogP contribution in [0.5, 0.6) is 5.75 Å². The number of nitro benzene ring substituents is 1. The zero-order valence-electron chi connectivity index (χ0n) is 14.8. The fraction of sp³-hybridized carbons (Fsp3) is 0.316. The number of ether oxygens (including phenoxy) is 1. The molecule has 1 N–H and O–H groups in total. The van der Waals surface area contributed by atoms with Gasteiger partial charge in [0.15, 0.2) is 0 Å². The largest absolute Gasteiger partial charge is 0.492 e. The van der Waals surface area contributed by atoms with Gasteiger partial charge in [-0.15, -0.1) is 0 Å². The molecule has 0 spiro atoms. The molecular formula is C19H21BrN2O4. The Morgan fingerprint density at radius 2 is 2.04 bits per heavy atom. The van der Waals surface area contributed by atoms with E-state index in [-0.39, 0.29) is 18.0 Å². The van der Waals surface area contributed by atoms with Gasteiger partial charge in [0.25, 0.3) is 5.69 Å². The molecule has 0 saturated heterocycles. The minimum absolute atomic E-state index is 0.0467. The fourth-order valence-corrected chi connectivity index (χ4v) is 2.91. The highest BCUT2D eigenvalue weighted by Crippen LogP contribution is 2.26. The van der Waals surface area contributed by atoms with Gasteiger partial charge in [0, 0.05) is 18.6 Å². The number of halogens is 1. The van der Waals surface area contributed by atoms with Crippen LogP contribution in [0.25, 0.3) is 0 Å². The van der Waals surface area contributed by atoms with Crippen molar-refractivity contribution in [2.75, 3.05) is 11.9 Å². The average molecular weight is 421 g/mol. The standard InChI is InChI=1S/C19H21BrN2O4/c1-3-14-7-9-18(16(20)11-14)26-10-4-5-19(23)21-17-12-15(22(24)25)8-6-13(17)2/h6-9,11-12H,3-5,10H2,1-2H3,(H,21,23). The van der Waals surface area contributed by atoms with E-state index in [1.165, 1.54) is 17.7 Å². The van der Waals surface area contributed by atoms with E-state index in [2.05, 4.69) is 28.2 Å². The fourth-order valence-electron chi connectivity index (χ4n) is 2.37. The zero-order chi connectivity index (χ0) is 19.1. The van der Waals surface area contributed by atoms with Crippen molar-refractivity contribution in [1.82, 2.24) is 0 Å². The third-order valence-electron chi connectivity index (χ3n) is 3.92. The third-order valence-corrected chi connectivity index (χ3v) is 4.54. The van der Waals surface area contributed by atoms with E-state index < -0.39 is 4.92 Å². The molecule has 0 unspecified atom stereocenters. The van der Waals surface area contributed by atoms with Crippen molar-refractivity contribution in [2.45, 2.75) is 33.1 Å². The second-order valence-electron chi connectivity index (χ2n) is 5.87. The van der Waals surface area contributed by atoms with Crippen molar-refractivity contribution in [2.24, 2.45) is 0 Å². The predicted octanol–water partition coefficient (Wildman–Crippen LogP) is 5.03. The Bertz CT molecular complexity index is 808. The first-order valence-corrected chi connectivity index (χ1v) is 9.16. The number of aryl methyl sites for hydroxylation is 2. The van der Waals surface area contributed by atoms with Gasteiger partial charge in [-0.2, -0.15) is 0 Å². The number of nitro groups is 1.